The van der Waals surface area contributed by atoms with Gasteiger partial charge in [0.1, 0.15) is 29.7 Å². The molecule has 0 radical (unpaired) electrons. The molecule has 32 heavy (non-hydrogen) atoms. The summed E-state index contributed by atoms with van der Waals surface area (Å²) in [5.74, 6) is 0.256. The average molecular weight is 469 g/mol. The van der Waals surface area contributed by atoms with Crippen molar-refractivity contribution in [2.75, 3.05) is 12.3 Å². The summed E-state index contributed by atoms with van der Waals surface area (Å²) in [7, 11) is -4.42. The summed E-state index contributed by atoms with van der Waals surface area (Å²) in [5.41, 5.74) is 5.00. The van der Waals surface area contributed by atoms with Gasteiger partial charge in [-0.3, -0.25) is 13.6 Å². The first-order valence-corrected chi connectivity index (χ1v) is 12.1. The van der Waals surface area contributed by atoms with Crippen LogP contribution in [-0.4, -0.2) is 54.4 Å². The number of hydrogen-bond donors (Lipinski definition) is 2. The standard InChI is InChI=1S/C20H32N5O6P/c1-18(2,3)9-20-7-8-28-13(14(20)30-32(26,27)31-19(4,5)6)17(29-20)25-11-24-12-15(21)22-10-23-16(12)25/h10-11,13-14,17H,7-9H2,1-6H3,(H,26,27)(H2,21,22,23)/t13-,14+,17-,20-/m1/s1. The van der Waals surface area contributed by atoms with Crippen LogP contribution in [0.15, 0.2) is 12.7 Å². The van der Waals surface area contributed by atoms with Gasteiger partial charge in [-0.2, -0.15) is 0 Å². The zero-order valence-corrected chi connectivity index (χ0v) is 20.2. The van der Waals surface area contributed by atoms with Gasteiger partial charge in [-0.15, -0.1) is 0 Å². The first-order valence-electron chi connectivity index (χ1n) is 10.6. The monoisotopic (exact) mass is 469 g/mol. The molecular weight excluding hydrogens is 437 g/mol. The molecule has 2 bridgehead atoms. The highest BCUT2D eigenvalue weighted by Crippen LogP contribution is 2.58. The third-order valence-electron chi connectivity index (χ3n) is 5.42. The van der Waals surface area contributed by atoms with Crippen molar-refractivity contribution in [2.24, 2.45) is 5.41 Å². The van der Waals surface area contributed by atoms with Gasteiger partial charge < -0.3 is 20.1 Å². The average Bonchev–Trinajstić information content (AvgIpc) is 3.07. The van der Waals surface area contributed by atoms with E-state index in [1.54, 1.807) is 31.7 Å². The van der Waals surface area contributed by atoms with E-state index in [9.17, 15) is 9.46 Å². The van der Waals surface area contributed by atoms with E-state index in [1.807, 2.05) is 0 Å². The second kappa shape index (κ2) is 7.72. The number of phosphoric ester groups is 1. The minimum Gasteiger partial charge on any atom is -0.382 e. The minimum atomic E-state index is -4.42. The Labute approximate surface area is 187 Å². The highest BCUT2D eigenvalue weighted by atomic mass is 31.2. The lowest BCUT2D eigenvalue weighted by Gasteiger charge is -2.42. The number of nitrogen functional groups attached to an aromatic ring is 1. The highest BCUT2D eigenvalue weighted by molar-refractivity contribution is 7.47. The summed E-state index contributed by atoms with van der Waals surface area (Å²) < 4.78 is 38.5. The van der Waals surface area contributed by atoms with E-state index in [-0.39, 0.29) is 11.2 Å². The lowest BCUT2D eigenvalue weighted by atomic mass is 9.76. The maximum absolute atomic E-state index is 12.9. The number of nitrogens with two attached hydrogens (primary N) is 1. The van der Waals surface area contributed by atoms with Gasteiger partial charge in [-0.25, -0.2) is 19.5 Å². The zero-order valence-electron chi connectivity index (χ0n) is 19.3. The number of rotatable bonds is 5. The number of imidazole rings is 1. The Bertz CT molecular complexity index is 1050. The predicted molar refractivity (Wildman–Crippen MR) is 117 cm³/mol. The van der Waals surface area contributed by atoms with E-state index in [4.69, 9.17) is 24.3 Å². The number of phosphoric acid groups is 1. The Morgan fingerprint density at radius 3 is 2.66 bits per heavy atom. The predicted octanol–water partition coefficient (Wildman–Crippen LogP) is 3.20. The van der Waals surface area contributed by atoms with Crippen LogP contribution in [0.2, 0.25) is 0 Å². The Morgan fingerprint density at radius 2 is 2.00 bits per heavy atom. The second-order valence-corrected chi connectivity index (χ2v) is 12.0. The zero-order chi connectivity index (χ0) is 23.5. The van der Waals surface area contributed by atoms with Crippen molar-refractivity contribution >= 4 is 24.8 Å². The number of hydrogen-bond acceptors (Lipinski definition) is 9. The molecule has 5 atom stereocenters. The van der Waals surface area contributed by atoms with Crippen LogP contribution in [0.3, 0.4) is 0 Å². The molecule has 0 aromatic carbocycles. The Balaban J connectivity index is 1.75. The van der Waals surface area contributed by atoms with Gasteiger partial charge in [-0.05, 0) is 32.6 Å². The van der Waals surface area contributed by atoms with Crippen molar-refractivity contribution < 1.29 is 28.0 Å². The minimum absolute atomic E-state index is 0.147. The summed E-state index contributed by atoms with van der Waals surface area (Å²) in [4.78, 5) is 23.2. The summed E-state index contributed by atoms with van der Waals surface area (Å²) in [5, 5.41) is 0. The highest BCUT2D eigenvalue weighted by Gasteiger charge is 2.62. The molecule has 0 saturated carbocycles. The fourth-order valence-corrected chi connectivity index (χ4v) is 5.96. The number of aromatic nitrogens is 4. The van der Waals surface area contributed by atoms with E-state index < -0.39 is 37.5 Å². The van der Waals surface area contributed by atoms with Gasteiger partial charge in [0.15, 0.2) is 17.7 Å². The number of ether oxygens (including phenoxy) is 2. The van der Waals surface area contributed by atoms with E-state index in [0.717, 1.165) is 0 Å². The van der Waals surface area contributed by atoms with Gasteiger partial charge in [0.25, 0.3) is 0 Å². The van der Waals surface area contributed by atoms with Gasteiger partial charge in [0.05, 0.1) is 18.5 Å². The molecule has 0 aliphatic carbocycles. The number of nitrogens with zero attached hydrogens (tertiary/aromatic N) is 4. The summed E-state index contributed by atoms with van der Waals surface area (Å²) in [6.45, 7) is 11.8. The van der Waals surface area contributed by atoms with Crippen molar-refractivity contribution in [1.29, 1.82) is 0 Å². The quantitative estimate of drug-likeness (QED) is 0.626. The van der Waals surface area contributed by atoms with Crippen LogP contribution in [0, 0.1) is 5.41 Å². The Morgan fingerprint density at radius 1 is 1.28 bits per heavy atom. The molecule has 1 unspecified atom stereocenters. The van der Waals surface area contributed by atoms with Crippen molar-refractivity contribution in [3.63, 3.8) is 0 Å². The smallest absolute Gasteiger partial charge is 0.382 e. The van der Waals surface area contributed by atoms with Crippen LogP contribution in [-0.2, 0) is 23.1 Å². The SMILES string of the molecule is CC(C)(C)C[C@@]12CCO[C@@H]([C@H](n3cnc4c(N)ncnc43)O1)[C@@H]2OP(=O)(O)OC(C)(C)C. The molecule has 178 valence electrons. The molecule has 2 aliphatic rings. The normalized spacial score (nSPS) is 30.5. The van der Waals surface area contributed by atoms with E-state index >= 15 is 0 Å². The topological polar surface area (TPSA) is 144 Å². The maximum Gasteiger partial charge on any atom is 0.473 e. The van der Waals surface area contributed by atoms with Crippen LogP contribution in [0.1, 0.15) is 60.6 Å². The van der Waals surface area contributed by atoms with Gasteiger partial charge in [0, 0.05) is 6.42 Å². The van der Waals surface area contributed by atoms with Crippen molar-refractivity contribution in [2.45, 2.75) is 84.0 Å². The molecule has 12 heteroatoms. The fraction of sp³-hybridized carbons (Fsp3) is 0.750. The fourth-order valence-electron chi connectivity index (χ4n) is 4.63. The van der Waals surface area contributed by atoms with E-state index in [1.165, 1.54) is 6.33 Å². The van der Waals surface area contributed by atoms with Crippen molar-refractivity contribution in [1.82, 2.24) is 19.5 Å². The molecule has 2 aromatic heterocycles. The summed E-state index contributed by atoms with van der Waals surface area (Å²) in [6, 6.07) is 0. The third-order valence-corrected chi connectivity index (χ3v) is 6.69. The molecular formula is C20H32N5O6P. The first-order chi connectivity index (χ1) is 14.7. The third kappa shape index (κ3) is 4.55. The van der Waals surface area contributed by atoms with Crippen LogP contribution >= 0.6 is 7.82 Å². The molecule has 2 saturated heterocycles. The number of anilines is 1. The lowest BCUT2D eigenvalue weighted by molar-refractivity contribution is -0.137. The molecule has 3 N–H and O–H groups in total. The van der Waals surface area contributed by atoms with Crippen LogP contribution in [0.4, 0.5) is 5.82 Å². The summed E-state index contributed by atoms with van der Waals surface area (Å²) >= 11 is 0. The van der Waals surface area contributed by atoms with Gasteiger partial charge in [0.2, 0.25) is 0 Å². The molecule has 4 heterocycles. The first kappa shape index (κ1) is 23.5. The molecule has 2 aliphatic heterocycles. The van der Waals surface area contributed by atoms with Crippen LogP contribution in [0.5, 0.6) is 0 Å². The van der Waals surface area contributed by atoms with Crippen LogP contribution < -0.4 is 5.73 Å². The molecule has 2 fully saturated rings. The molecule has 2 aromatic rings. The number of fused-ring (bicyclic) bond motifs is 3. The van der Waals surface area contributed by atoms with Crippen LogP contribution in [0.25, 0.3) is 11.2 Å². The Hall–Kier alpha value is -1.62. The molecule has 4 rings (SSSR count). The van der Waals surface area contributed by atoms with E-state index in [0.29, 0.717) is 30.6 Å². The summed E-state index contributed by atoms with van der Waals surface area (Å²) in [6.07, 6.45) is 1.81. The van der Waals surface area contributed by atoms with Gasteiger partial charge >= 0.3 is 7.82 Å². The maximum atomic E-state index is 12.9. The largest absolute Gasteiger partial charge is 0.473 e. The Kier molecular flexibility index (Phi) is 5.67. The van der Waals surface area contributed by atoms with Crippen molar-refractivity contribution in [3.05, 3.63) is 12.7 Å². The van der Waals surface area contributed by atoms with Crippen molar-refractivity contribution in [3.8, 4) is 0 Å². The van der Waals surface area contributed by atoms with Gasteiger partial charge in [-0.1, -0.05) is 20.8 Å². The molecule has 0 amide bonds. The lowest BCUT2D eigenvalue weighted by Crippen LogP contribution is -2.51. The molecule has 0 spiro atoms. The second-order valence-electron chi connectivity index (χ2n) is 10.7. The van der Waals surface area contributed by atoms with E-state index in [2.05, 4.69) is 35.7 Å². The molecule has 11 nitrogen and oxygen atoms in total.